The van der Waals surface area contributed by atoms with Gasteiger partial charge in [-0.25, -0.2) is 13.1 Å². The van der Waals surface area contributed by atoms with Crippen LogP contribution in [0.25, 0.3) is 0 Å². The zero-order valence-corrected chi connectivity index (χ0v) is 14.5. The summed E-state index contributed by atoms with van der Waals surface area (Å²) in [5.74, 6) is 0.799. The second kappa shape index (κ2) is 8.57. The van der Waals surface area contributed by atoms with E-state index in [0.29, 0.717) is 35.4 Å². The fraction of sp³-hybridized carbons (Fsp3) is 0.538. The van der Waals surface area contributed by atoms with E-state index in [0.717, 1.165) is 6.42 Å². The molecular formula is C13H20BrNO5S. The van der Waals surface area contributed by atoms with Gasteiger partial charge >= 0.3 is 0 Å². The second-order valence-corrected chi connectivity index (χ2v) is 6.91. The van der Waals surface area contributed by atoms with Gasteiger partial charge in [0.1, 0.15) is 4.90 Å². The Bertz CT molecular complexity index is 562. The van der Waals surface area contributed by atoms with Crippen LogP contribution >= 0.6 is 15.9 Å². The van der Waals surface area contributed by atoms with Gasteiger partial charge in [-0.3, -0.25) is 0 Å². The summed E-state index contributed by atoms with van der Waals surface area (Å²) in [4.78, 5) is 0.0994. The first-order chi connectivity index (χ1) is 9.96. The van der Waals surface area contributed by atoms with Crippen LogP contribution in [-0.2, 0) is 10.0 Å². The number of aliphatic hydroxyl groups is 1. The molecule has 21 heavy (non-hydrogen) atoms. The highest BCUT2D eigenvalue weighted by Gasteiger charge is 2.20. The van der Waals surface area contributed by atoms with Gasteiger partial charge in [-0.2, -0.15) is 0 Å². The Morgan fingerprint density at radius 2 is 1.76 bits per heavy atom. The Hall–Kier alpha value is -0.830. The molecule has 8 heteroatoms. The molecule has 0 aliphatic rings. The Labute approximate surface area is 133 Å². The maximum atomic E-state index is 12.3. The van der Waals surface area contributed by atoms with E-state index in [2.05, 4.69) is 20.7 Å². The van der Waals surface area contributed by atoms with E-state index in [1.807, 2.05) is 0 Å². The van der Waals surface area contributed by atoms with Crippen molar-refractivity contribution >= 4 is 26.0 Å². The fourth-order valence-corrected chi connectivity index (χ4v) is 3.85. The lowest BCUT2D eigenvalue weighted by molar-refractivity contribution is 0.283. The molecular weight excluding hydrogens is 362 g/mol. The average Bonchev–Trinajstić information content (AvgIpc) is 2.46. The number of halogens is 1. The highest BCUT2D eigenvalue weighted by Crippen LogP contribution is 2.35. The van der Waals surface area contributed by atoms with Crippen molar-refractivity contribution in [2.24, 2.45) is 0 Å². The van der Waals surface area contributed by atoms with E-state index in [4.69, 9.17) is 14.6 Å². The molecule has 0 saturated carbocycles. The molecule has 1 aromatic carbocycles. The number of nitrogens with one attached hydrogen (secondary N) is 1. The van der Waals surface area contributed by atoms with Gasteiger partial charge in [-0.05, 0) is 41.3 Å². The second-order valence-electron chi connectivity index (χ2n) is 4.32. The van der Waals surface area contributed by atoms with Crippen molar-refractivity contribution in [1.82, 2.24) is 4.72 Å². The van der Waals surface area contributed by atoms with Crippen molar-refractivity contribution in [3.63, 3.8) is 0 Å². The number of ether oxygens (including phenoxy) is 2. The first-order valence-electron chi connectivity index (χ1n) is 6.48. The van der Waals surface area contributed by atoms with Crippen LogP contribution in [0.1, 0.15) is 19.3 Å². The molecule has 0 aliphatic carbocycles. The summed E-state index contributed by atoms with van der Waals surface area (Å²) in [6, 6.07) is 2.97. The minimum absolute atomic E-state index is 0.0994. The smallest absolute Gasteiger partial charge is 0.241 e. The number of methoxy groups -OCH3 is 2. The van der Waals surface area contributed by atoms with Crippen LogP contribution < -0.4 is 14.2 Å². The molecule has 0 spiro atoms. The number of unbranched alkanes of at least 4 members (excludes halogenated alkanes) is 2. The molecule has 0 fully saturated rings. The summed E-state index contributed by atoms with van der Waals surface area (Å²) < 4.78 is 37.7. The fourth-order valence-electron chi connectivity index (χ4n) is 1.74. The number of aliphatic hydroxyl groups excluding tert-OH is 1. The maximum Gasteiger partial charge on any atom is 0.241 e. The highest BCUT2D eigenvalue weighted by molar-refractivity contribution is 9.10. The van der Waals surface area contributed by atoms with Crippen LogP contribution in [0.5, 0.6) is 11.5 Å². The van der Waals surface area contributed by atoms with Crippen LogP contribution in [0.4, 0.5) is 0 Å². The monoisotopic (exact) mass is 381 g/mol. The highest BCUT2D eigenvalue weighted by atomic mass is 79.9. The molecule has 0 aromatic heterocycles. The Balaban J connectivity index is 2.87. The average molecular weight is 382 g/mol. The molecule has 0 saturated heterocycles. The van der Waals surface area contributed by atoms with E-state index < -0.39 is 10.0 Å². The molecule has 0 heterocycles. The summed E-state index contributed by atoms with van der Waals surface area (Å²) >= 11 is 3.23. The van der Waals surface area contributed by atoms with Gasteiger partial charge in [-0.1, -0.05) is 0 Å². The van der Waals surface area contributed by atoms with Gasteiger partial charge in [0.05, 0.1) is 14.2 Å². The molecule has 0 atom stereocenters. The van der Waals surface area contributed by atoms with Crippen LogP contribution in [-0.4, -0.2) is 40.9 Å². The summed E-state index contributed by atoms with van der Waals surface area (Å²) in [6.45, 7) is 0.442. The lowest BCUT2D eigenvalue weighted by Crippen LogP contribution is -2.25. The van der Waals surface area contributed by atoms with Gasteiger partial charge in [0.2, 0.25) is 10.0 Å². The normalized spacial score (nSPS) is 11.4. The number of benzene rings is 1. The number of hydrogen-bond donors (Lipinski definition) is 2. The molecule has 1 rings (SSSR count). The van der Waals surface area contributed by atoms with Crippen molar-refractivity contribution in [3.05, 3.63) is 16.6 Å². The Kier molecular flexibility index (Phi) is 7.44. The standard InChI is InChI=1S/C13H20BrNO5S/c1-19-11-8-10(14)13(9-12(11)20-2)21(17,18)15-6-4-3-5-7-16/h8-9,15-16H,3-7H2,1-2H3. The molecule has 2 N–H and O–H groups in total. The third kappa shape index (κ3) is 5.14. The van der Waals surface area contributed by atoms with Crippen LogP contribution in [0.15, 0.2) is 21.5 Å². The van der Waals surface area contributed by atoms with Crippen LogP contribution in [0.2, 0.25) is 0 Å². The molecule has 120 valence electrons. The first-order valence-corrected chi connectivity index (χ1v) is 8.76. The SMILES string of the molecule is COc1cc(Br)c(S(=O)(=O)NCCCCCO)cc1OC. The molecule has 1 aromatic rings. The minimum Gasteiger partial charge on any atom is -0.493 e. The van der Waals surface area contributed by atoms with Crippen molar-refractivity contribution in [1.29, 1.82) is 0 Å². The quantitative estimate of drug-likeness (QED) is 0.638. The molecule has 6 nitrogen and oxygen atoms in total. The summed E-state index contributed by atoms with van der Waals surface area (Å²) in [7, 11) is -0.698. The van der Waals surface area contributed by atoms with E-state index >= 15 is 0 Å². The van der Waals surface area contributed by atoms with Crippen molar-refractivity contribution in [2.45, 2.75) is 24.2 Å². The topological polar surface area (TPSA) is 84.9 Å². The van der Waals surface area contributed by atoms with Crippen molar-refractivity contribution in [3.8, 4) is 11.5 Å². The maximum absolute atomic E-state index is 12.3. The molecule has 0 amide bonds. The Morgan fingerprint density at radius 3 is 2.33 bits per heavy atom. The lowest BCUT2D eigenvalue weighted by atomic mass is 10.2. The summed E-state index contributed by atoms with van der Waals surface area (Å²) in [5.41, 5.74) is 0. The number of rotatable bonds is 9. The van der Waals surface area contributed by atoms with Gasteiger partial charge in [0.25, 0.3) is 0 Å². The van der Waals surface area contributed by atoms with E-state index in [1.54, 1.807) is 6.07 Å². The first kappa shape index (κ1) is 18.2. The predicted octanol–water partition coefficient (Wildman–Crippen LogP) is 1.91. The molecule has 0 radical (unpaired) electrons. The zero-order chi connectivity index (χ0) is 15.9. The van der Waals surface area contributed by atoms with Crippen LogP contribution in [0.3, 0.4) is 0 Å². The summed E-state index contributed by atoms with van der Waals surface area (Å²) in [5, 5.41) is 8.68. The Morgan fingerprint density at radius 1 is 1.14 bits per heavy atom. The predicted molar refractivity (Wildman–Crippen MR) is 83.4 cm³/mol. The number of hydrogen-bond acceptors (Lipinski definition) is 5. The van der Waals surface area contributed by atoms with Gasteiger partial charge < -0.3 is 14.6 Å². The lowest BCUT2D eigenvalue weighted by Gasteiger charge is -2.13. The largest absolute Gasteiger partial charge is 0.493 e. The third-order valence-corrected chi connectivity index (χ3v) is 5.27. The van der Waals surface area contributed by atoms with E-state index in [1.165, 1.54) is 20.3 Å². The van der Waals surface area contributed by atoms with Crippen molar-refractivity contribution < 1.29 is 23.0 Å². The minimum atomic E-state index is -3.63. The molecule has 0 aliphatic heterocycles. The summed E-state index contributed by atoms with van der Waals surface area (Å²) in [6.07, 6.45) is 2.11. The molecule has 0 unspecified atom stereocenters. The van der Waals surface area contributed by atoms with E-state index in [-0.39, 0.29) is 11.5 Å². The third-order valence-electron chi connectivity index (χ3n) is 2.85. The molecule has 0 bridgehead atoms. The van der Waals surface area contributed by atoms with Crippen molar-refractivity contribution in [2.75, 3.05) is 27.4 Å². The number of sulfonamides is 1. The van der Waals surface area contributed by atoms with Crippen LogP contribution in [0, 0.1) is 0 Å². The van der Waals surface area contributed by atoms with Gasteiger partial charge in [0.15, 0.2) is 11.5 Å². The van der Waals surface area contributed by atoms with E-state index in [9.17, 15) is 8.42 Å². The van der Waals surface area contributed by atoms with Gasteiger partial charge in [0, 0.05) is 23.7 Å². The zero-order valence-electron chi connectivity index (χ0n) is 12.1. The van der Waals surface area contributed by atoms with Gasteiger partial charge in [-0.15, -0.1) is 0 Å².